The van der Waals surface area contributed by atoms with Gasteiger partial charge in [0, 0.05) is 12.1 Å². The maximum absolute atomic E-state index is 5.84. The van der Waals surface area contributed by atoms with Crippen LogP contribution in [0.25, 0.3) is 0 Å². The zero-order valence-electron chi connectivity index (χ0n) is 10.9. The summed E-state index contributed by atoms with van der Waals surface area (Å²) in [6, 6.07) is 1.48. The average Bonchev–Trinajstić information content (AvgIpc) is 2.63. The lowest BCUT2D eigenvalue weighted by atomic mass is 9.80. The van der Waals surface area contributed by atoms with Crippen molar-refractivity contribution in [2.24, 2.45) is 23.5 Å². The van der Waals surface area contributed by atoms with Crippen molar-refractivity contribution in [2.75, 3.05) is 6.54 Å². The molecule has 4 atom stereocenters. The van der Waals surface area contributed by atoms with Crippen molar-refractivity contribution in [3.05, 3.63) is 0 Å². The SMILES string of the molecule is CC1CC(C)CC(NC2CCCC2CN)C1. The van der Waals surface area contributed by atoms with Crippen LogP contribution in [-0.4, -0.2) is 18.6 Å². The van der Waals surface area contributed by atoms with Crippen molar-refractivity contribution in [1.29, 1.82) is 0 Å². The summed E-state index contributed by atoms with van der Waals surface area (Å²) in [5.41, 5.74) is 5.84. The maximum Gasteiger partial charge on any atom is 0.0110 e. The summed E-state index contributed by atoms with van der Waals surface area (Å²) in [6.07, 6.45) is 8.23. The van der Waals surface area contributed by atoms with Crippen molar-refractivity contribution in [2.45, 2.75) is 64.5 Å². The van der Waals surface area contributed by atoms with Crippen molar-refractivity contribution < 1.29 is 0 Å². The fraction of sp³-hybridized carbons (Fsp3) is 1.00. The standard InChI is InChI=1S/C14H28N2/c1-10-6-11(2)8-13(7-10)16-14-5-3-4-12(14)9-15/h10-14,16H,3-9,15H2,1-2H3. The lowest BCUT2D eigenvalue weighted by Gasteiger charge is -2.35. The van der Waals surface area contributed by atoms with Gasteiger partial charge in [0.05, 0.1) is 0 Å². The Hall–Kier alpha value is -0.0800. The molecule has 2 saturated carbocycles. The zero-order valence-corrected chi connectivity index (χ0v) is 10.9. The van der Waals surface area contributed by atoms with Gasteiger partial charge in [-0.3, -0.25) is 0 Å². The third kappa shape index (κ3) is 2.98. The van der Waals surface area contributed by atoms with Crippen LogP contribution < -0.4 is 11.1 Å². The molecule has 2 aliphatic rings. The van der Waals surface area contributed by atoms with Crippen LogP contribution in [0.3, 0.4) is 0 Å². The summed E-state index contributed by atoms with van der Waals surface area (Å²) in [5, 5.41) is 3.90. The van der Waals surface area contributed by atoms with E-state index in [4.69, 9.17) is 5.73 Å². The van der Waals surface area contributed by atoms with Crippen molar-refractivity contribution in [3.8, 4) is 0 Å². The molecule has 0 aromatic rings. The van der Waals surface area contributed by atoms with Crippen LogP contribution in [0.15, 0.2) is 0 Å². The second-order valence-electron chi connectivity index (χ2n) is 6.31. The van der Waals surface area contributed by atoms with E-state index in [-0.39, 0.29) is 0 Å². The number of hydrogen-bond acceptors (Lipinski definition) is 2. The fourth-order valence-corrected chi connectivity index (χ4v) is 3.92. The lowest BCUT2D eigenvalue weighted by molar-refractivity contribution is 0.214. The van der Waals surface area contributed by atoms with E-state index in [1.54, 1.807) is 0 Å². The van der Waals surface area contributed by atoms with Crippen LogP contribution in [0.4, 0.5) is 0 Å². The molecular formula is C14H28N2. The molecule has 0 saturated heterocycles. The first-order valence-electron chi connectivity index (χ1n) is 7.15. The van der Waals surface area contributed by atoms with Crippen LogP contribution in [0.5, 0.6) is 0 Å². The van der Waals surface area contributed by atoms with Gasteiger partial charge in [-0.25, -0.2) is 0 Å². The van der Waals surface area contributed by atoms with E-state index in [2.05, 4.69) is 19.2 Å². The third-order valence-corrected chi connectivity index (χ3v) is 4.59. The highest BCUT2D eigenvalue weighted by Gasteiger charge is 2.30. The van der Waals surface area contributed by atoms with Crippen LogP contribution in [0, 0.1) is 17.8 Å². The highest BCUT2D eigenvalue weighted by molar-refractivity contribution is 4.89. The van der Waals surface area contributed by atoms with Crippen molar-refractivity contribution in [1.82, 2.24) is 5.32 Å². The Morgan fingerprint density at radius 3 is 2.38 bits per heavy atom. The minimum absolute atomic E-state index is 0.715. The number of rotatable bonds is 3. The molecule has 3 N–H and O–H groups in total. The Labute approximate surface area is 100 Å². The van der Waals surface area contributed by atoms with Gasteiger partial charge in [0.2, 0.25) is 0 Å². The molecule has 0 spiro atoms. The van der Waals surface area contributed by atoms with Gasteiger partial charge in [-0.05, 0) is 56.4 Å². The predicted molar refractivity (Wildman–Crippen MR) is 69.3 cm³/mol. The molecule has 2 aliphatic carbocycles. The van der Waals surface area contributed by atoms with E-state index in [1.807, 2.05) is 0 Å². The Morgan fingerprint density at radius 1 is 1.06 bits per heavy atom. The lowest BCUT2D eigenvalue weighted by Crippen LogP contribution is -2.45. The van der Waals surface area contributed by atoms with E-state index in [0.29, 0.717) is 6.04 Å². The minimum Gasteiger partial charge on any atom is -0.330 e. The number of hydrogen-bond donors (Lipinski definition) is 2. The zero-order chi connectivity index (χ0) is 11.5. The molecule has 16 heavy (non-hydrogen) atoms. The second kappa shape index (κ2) is 5.50. The molecule has 0 aromatic carbocycles. The summed E-state index contributed by atoms with van der Waals surface area (Å²) >= 11 is 0. The molecule has 0 aliphatic heterocycles. The first kappa shape index (κ1) is 12.4. The van der Waals surface area contributed by atoms with Crippen LogP contribution in [-0.2, 0) is 0 Å². The van der Waals surface area contributed by atoms with Gasteiger partial charge in [-0.2, -0.15) is 0 Å². The van der Waals surface area contributed by atoms with E-state index in [9.17, 15) is 0 Å². The molecule has 0 aromatic heterocycles. The van der Waals surface area contributed by atoms with Gasteiger partial charge >= 0.3 is 0 Å². The molecule has 4 unspecified atom stereocenters. The molecule has 0 amide bonds. The Morgan fingerprint density at radius 2 is 1.75 bits per heavy atom. The van der Waals surface area contributed by atoms with Crippen LogP contribution >= 0.6 is 0 Å². The van der Waals surface area contributed by atoms with Crippen LogP contribution in [0.2, 0.25) is 0 Å². The van der Waals surface area contributed by atoms with Gasteiger partial charge < -0.3 is 11.1 Å². The van der Waals surface area contributed by atoms with E-state index < -0.39 is 0 Å². The van der Waals surface area contributed by atoms with Gasteiger partial charge in [0.25, 0.3) is 0 Å². The Balaban J connectivity index is 1.84. The van der Waals surface area contributed by atoms with Gasteiger partial charge in [-0.1, -0.05) is 20.3 Å². The van der Waals surface area contributed by atoms with Crippen molar-refractivity contribution in [3.63, 3.8) is 0 Å². The van der Waals surface area contributed by atoms with E-state index in [0.717, 1.165) is 30.3 Å². The summed E-state index contributed by atoms with van der Waals surface area (Å²) in [4.78, 5) is 0. The highest BCUT2D eigenvalue weighted by atomic mass is 15.0. The molecule has 2 rings (SSSR count). The van der Waals surface area contributed by atoms with E-state index >= 15 is 0 Å². The van der Waals surface area contributed by atoms with Gasteiger partial charge in [0.1, 0.15) is 0 Å². The average molecular weight is 224 g/mol. The normalized spacial score (nSPS) is 44.8. The van der Waals surface area contributed by atoms with Gasteiger partial charge in [-0.15, -0.1) is 0 Å². The van der Waals surface area contributed by atoms with Crippen molar-refractivity contribution >= 4 is 0 Å². The van der Waals surface area contributed by atoms with Crippen LogP contribution in [0.1, 0.15) is 52.4 Å². The minimum atomic E-state index is 0.715. The largest absolute Gasteiger partial charge is 0.330 e. The quantitative estimate of drug-likeness (QED) is 0.773. The summed E-state index contributed by atoms with van der Waals surface area (Å²) in [7, 11) is 0. The molecule has 94 valence electrons. The van der Waals surface area contributed by atoms with E-state index in [1.165, 1.54) is 38.5 Å². The molecule has 0 heterocycles. The number of nitrogens with two attached hydrogens (primary N) is 1. The summed E-state index contributed by atoms with van der Waals surface area (Å²) in [6.45, 7) is 5.67. The Kier molecular flexibility index (Phi) is 4.26. The summed E-state index contributed by atoms with van der Waals surface area (Å²) < 4.78 is 0. The topological polar surface area (TPSA) is 38.0 Å². The molecular weight excluding hydrogens is 196 g/mol. The number of nitrogens with one attached hydrogen (secondary N) is 1. The Bertz CT molecular complexity index is 207. The fourth-order valence-electron chi connectivity index (χ4n) is 3.92. The maximum atomic E-state index is 5.84. The second-order valence-corrected chi connectivity index (χ2v) is 6.31. The van der Waals surface area contributed by atoms with Gasteiger partial charge in [0.15, 0.2) is 0 Å². The summed E-state index contributed by atoms with van der Waals surface area (Å²) in [5.74, 6) is 2.55. The molecule has 2 nitrogen and oxygen atoms in total. The smallest absolute Gasteiger partial charge is 0.0110 e. The first-order chi connectivity index (χ1) is 7.69. The molecule has 2 heteroatoms. The molecule has 0 bridgehead atoms. The monoisotopic (exact) mass is 224 g/mol. The molecule has 2 fully saturated rings. The molecule has 0 radical (unpaired) electrons. The predicted octanol–water partition coefficient (Wildman–Crippen LogP) is 2.53. The highest BCUT2D eigenvalue weighted by Crippen LogP contribution is 2.31. The third-order valence-electron chi connectivity index (χ3n) is 4.59. The first-order valence-corrected chi connectivity index (χ1v) is 7.15.